The van der Waals surface area contributed by atoms with Crippen molar-refractivity contribution >= 4 is 35.1 Å². The Morgan fingerprint density at radius 3 is 2.24 bits per heavy atom. The predicted octanol–water partition coefficient (Wildman–Crippen LogP) is 4.59. The number of halogens is 2. The number of carbonyl (C=O) groups is 2. The zero-order valence-corrected chi connectivity index (χ0v) is 15.5. The minimum atomic E-state index is -0.731. The molecular formula is C19H19Cl2NO3. The topological polar surface area (TPSA) is 55.4 Å². The van der Waals surface area contributed by atoms with Crippen molar-refractivity contribution < 1.29 is 14.3 Å². The van der Waals surface area contributed by atoms with Gasteiger partial charge in [-0.2, -0.15) is 0 Å². The van der Waals surface area contributed by atoms with E-state index in [9.17, 15) is 9.59 Å². The minimum absolute atomic E-state index is 0.0573. The molecule has 2 aromatic carbocycles. The number of nitrogens with one attached hydrogen (secondary N) is 1. The molecule has 2 aromatic rings. The van der Waals surface area contributed by atoms with Gasteiger partial charge in [-0.25, -0.2) is 4.79 Å². The second-order valence-electron chi connectivity index (χ2n) is 5.56. The highest BCUT2D eigenvalue weighted by Crippen LogP contribution is 2.24. The summed E-state index contributed by atoms with van der Waals surface area (Å²) in [5, 5.41) is 3.15. The van der Waals surface area contributed by atoms with E-state index in [1.54, 1.807) is 6.07 Å². The fourth-order valence-corrected chi connectivity index (χ4v) is 2.86. The number of hydrogen-bond acceptors (Lipinski definition) is 3. The highest BCUT2D eigenvalue weighted by Gasteiger charge is 2.18. The van der Waals surface area contributed by atoms with Crippen LogP contribution in [0.4, 0.5) is 0 Å². The first-order valence-corrected chi connectivity index (χ1v) is 8.67. The van der Waals surface area contributed by atoms with Crippen LogP contribution >= 0.6 is 23.2 Å². The van der Waals surface area contributed by atoms with Crippen LogP contribution < -0.4 is 5.32 Å². The first kappa shape index (κ1) is 19.3. The van der Waals surface area contributed by atoms with Crippen molar-refractivity contribution in [1.82, 2.24) is 5.32 Å². The summed E-state index contributed by atoms with van der Waals surface area (Å²) in [6.45, 7) is 3.54. The van der Waals surface area contributed by atoms with Gasteiger partial charge in [-0.05, 0) is 36.6 Å². The maximum Gasteiger partial charge on any atom is 0.341 e. The SMILES string of the molecule is CCc1ccc([C@@H](C)NC(=O)COC(=O)c2c(Cl)cccc2Cl)cc1. The molecule has 0 heterocycles. The van der Waals surface area contributed by atoms with Crippen LogP contribution in [-0.2, 0) is 16.0 Å². The Morgan fingerprint density at radius 1 is 1.08 bits per heavy atom. The van der Waals surface area contributed by atoms with Crippen molar-refractivity contribution in [3.8, 4) is 0 Å². The van der Waals surface area contributed by atoms with Crippen LogP contribution in [0.3, 0.4) is 0 Å². The van der Waals surface area contributed by atoms with Gasteiger partial charge in [0, 0.05) is 0 Å². The van der Waals surface area contributed by atoms with E-state index < -0.39 is 18.5 Å². The molecular weight excluding hydrogens is 361 g/mol. The molecule has 0 aliphatic heterocycles. The summed E-state index contributed by atoms with van der Waals surface area (Å²) >= 11 is 11.9. The smallest absolute Gasteiger partial charge is 0.341 e. The van der Waals surface area contributed by atoms with Crippen molar-refractivity contribution in [3.05, 3.63) is 69.2 Å². The van der Waals surface area contributed by atoms with Crippen molar-refractivity contribution in [2.24, 2.45) is 0 Å². The average Bonchev–Trinajstić information content (AvgIpc) is 2.60. The Morgan fingerprint density at radius 2 is 1.68 bits per heavy atom. The van der Waals surface area contributed by atoms with E-state index in [-0.39, 0.29) is 21.7 Å². The lowest BCUT2D eigenvalue weighted by atomic mass is 10.1. The molecule has 6 heteroatoms. The van der Waals surface area contributed by atoms with Crippen molar-refractivity contribution in [2.75, 3.05) is 6.61 Å². The maximum atomic E-state index is 12.0. The molecule has 0 saturated carbocycles. The molecule has 0 saturated heterocycles. The van der Waals surface area contributed by atoms with Crippen LogP contribution in [0.5, 0.6) is 0 Å². The number of carbonyl (C=O) groups excluding carboxylic acids is 2. The Hall–Kier alpha value is -2.04. The lowest BCUT2D eigenvalue weighted by Gasteiger charge is -2.15. The van der Waals surface area contributed by atoms with E-state index >= 15 is 0 Å². The number of benzene rings is 2. The molecule has 0 unspecified atom stereocenters. The van der Waals surface area contributed by atoms with Gasteiger partial charge in [0.2, 0.25) is 0 Å². The first-order chi connectivity index (χ1) is 11.9. The first-order valence-electron chi connectivity index (χ1n) is 7.91. The number of rotatable bonds is 6. The van der Waals surface area contributed by atoms with Gasteiger partial charge in [0.25, 0.3) is 5.91 Å². The van der Waals surface area contributed by atoms with Gasteiger partial charge < -0.3 is 10.1 Å². The van der Waals surface area contributed by atoms with Crippen LogP contribution in [0.1, 0.15) is 41.4 Å². The summed E-state index contributed by atoms with van der Waals surface area (Å²) in [6, 6.07) is 12.5. The van der Waals surface area contributed by atoms with E-state index in [0.29, 0.717) is 0 Å². The van der Waals surface area contributed by atoms with Crippen LogP contribution in [0, 0.1) is 0 Å². The minimum Gasteiger partial charge on any atom is -0.452 e. The molecule has 0 fully saturated rings. The normalized spacial score (nSPS) is 11.7. The Bertz CT molecular complexity index is 740. The van der Waals surface area contributed by atoms with E-state index in [1.807, 2.05) is 31.2 Å². The third-order valence-electron chi connectivity index (χ3n) is 3.77. The Labute approximate surface area is 157 Å². The average molecular weight is 380 g/mol. The van der Waals surface area contributed by atoms with Crippen LogP contribution in [0.15, 0.2) is 42.5 Å². The van der Waals surface area contributed by atoms with Gasteiger partial charge in [0.15, 0.2) is 6.61 Å². The summed E-state index contributed by atoms with van der Waals surface area (Å²) < 4.78 is 5.00. The van der Waals surface area contributed by atoms with Gasteiger partial charge in [0.05, 0.1) is 21.7 Å². The molecule has 4 nitrogen and oxygen atoms in total. The van der Waals surface area contributed by atoms with Gasteiger partial charge in [-0.3, -0.25) is 4.79 Å². The predicted molar refractivity (Wildman–Crippen MR) is 99.1 cm³/mol. The maximum absolute atomic E-state index is 12.0. The molecule has 1 amide bonds. The third kappa shape index (κ3) is 5.21. The lowest BCUT2D eigenvalue weighted by molar-refractivity contribution is -0.124. The number of ether oxygens (including phenoxy) is 1. The van der Waals surface area contributed by atoms with Crippen molar-refractivity contribution in [1.29, 1.82) is 0 Å². The summed E-state index contributed by atoms with van der Waals surface area (Å²) in [6.07, 6.45) is 0.960. The third-order valence-corrected chi connectivity index (χ3v) is 4.40. The molecule has 132 valence electrons. The van der Waals surface area contributed by atoms with Gasteiger partial charge >= 0.3 is 5.97 Å². The van der Waals surface area contributed by atoms with Gasteiger partial charge in [-0.1, -0.05) is 60.5 Å². The molecule has 0 aliphatic carbocycles. The van der Waals surface area contributed by atoms with E-state index in [1.165, 1.54) is 17.7 Å². The van der Waals surface area contributed by atoms with E-state index in [2.05, 4.69) is 12.2 Å². The molecule has 1 N–H and O–H groups in total. The summed E-state index contributed by atoms with van der Waals surface area (Å²) in [4.78, 5) is 24.0. The fourth-order valence-electron chi connectivity index (χ4n) is 2.30. The molecule has 0 bridgehead atoms. The summed E-state index contributed by atoms with van der Waals surface area (Å²) in [5.74, 6) is -1.13. The largest absolute Gasteiger partial charge is 0.452 e. The highest BCUT2D eigenvalue weighted by atomic mass is 35.5. The zero-order valence-electron chi connectivity index (χ0n) is 14.0. The summed E-state index contributed by atoms with van der Waals surface area (Å²) in [5.41, 5.74) is 2.26. The quantitative estimate of drug-likeness (QED) is 0.746. The van der Waals surface area contributed by atoms with E-state index in [0.717, 1.165) is 12.0 Å². The second-order valence-corrected chi connectivity index (χ2v) is 6.37. The van der Waals surface area contributed by atoms with E-state index in [4.69, 9.17) is 27.9 Å². The lowest BCUT2D eigenvalue weighted by Crippen LogP contribution is -2.31. The number of esters is 1. The number of aryl methyl sites for hydroxylation is 1. The Balaban J connectivity index is 1.90. The standard InChI is InChI=1S/C19H19Cl2NO3/c1-3-13-7-9-14(10-8-13)12(2)22-17(23)11-25-19(24)18-15(20)5-4-6-16(18)21/h4-10,12H,3,11H2,1-2H3,(H,22,23)/t12-/m1/s1. The zero-order chi connectivity index (χ0) is 18.4. The Kier molecular flexibility index (Phi) is 6.85. The van der Waals surface area contributed by atoms with Crippen molar-refractivity contribution in [2.45, 2.75) is 26.3 Å². The number of hydrogen-bond donors (Lipinski definition) is 1. The van der Waals surface area contributed by atoms with Crippen LogP contribution in [0.2, 0.25) is 10.0 Å². The second kappa shape index (κ2) is 8.88. The van der Waals surface area contributed by atoms with Gasteiger partial charge in [0.1, 0.15) is 0 Å². The monoisotopic (exact) mass is 379 g/mol. The summed E-state index contributed by atoms with van der Waals surface area (Å²) in [7, 11) is 0. The fraction of sp³-hybridized carbons (Fsp3) is 0.263. The van der Waals surface area contributed by atoms with Crippen LogP contribution in [-0.4, -0.2) is 18.5 Å². The molecule has 2 rings (SSSR count). The molecule has 0 aliphatic rings. The molecule has 25 heavy (non-hydrogen) atoms. The highest BCUT2D eigenvalue weighted by molar-refractivity contribution is 6.39. The molecule has 0 radical (unpaired) electrons. The van der Waals surface area contributed by atoms with Crippen LogP contribution in [0.25, 0.3) is 0 Å². The molecule has 0 spiro atoms. The number of amides is 1. The van der Waals surface area contributed by atoms with Gasteiger partial charge in [-0.15, -0.1) is 0 Å². The molecule has 0 aromatic heterocycles. The molecule has 1 atom stereocenters. The van der Waals surface area contributed by atoms with Crippen molar-refractivity contribution in [3.63, 3.8) is 0 Å².